The van der Waals surface area contributed by atoms with Gasteiger partial charge in [-0.15, -0.1) is 0 Å². The molecule has 1 aliphatic heterocycles. The zero-order chi connectivity index (χ0) is 16.8. The largest absolute Gasteiger partial charge is 0.492 e. The fraction of sp³-hybridized carbons (Fsp3) is 0.571. The molecule has 3 rings (SSSR count). The summed E-state index contributed by atoms with van der Waals surface area (Å²) in [6.45, 7) is 11.6. The zero-order valence-electron chi connectivity index (χ0n) is 15.0. The van der Waals surface area contributed by atoms with Crippen LogP contribution in [0.3, 0.4) is 0 Å². The number of rotatable bonds is 4. The van der Waals surface area contributed by atoms with E-state index in [4.69, 9.17) is 4.74 Å². The van der Waals surface area contributed by atoms with Crippen molar-refractivity contribution in [2.24, 2.45) is 5.92 Å². The number of allylic oxidation sites excluding steroid dienone is 2. The first-order valence-electron chi connectivity index (χ1n) is 8.71. The molecule has 0 aromatic heterocycles. The highest BCUT2D eigenvalue weighted by Crippen LogP contribution is 2.45. The number of hydrogen-bond donors (Lipinski definition) is 0. The highest BCUT2D eigenvalue weighted by molar-refractivity contribution is 6.05. The van der Waals surface area contributed by atoms with Crippen molar-refractivity contribution in [1.82, 2.24) is 0 Å². The van der Waals surface area contributed by atoms with Gasteiger partial charge in [-0.2, -0.15) is 0 Å². The van der Waals surface area contributed by atoms with Gasteiger partial charge in [0, 0.05) is 22.1 Å². The average Bonchev–Trinajstić information content (AvgIpc) is 3.22. The van der Waals surface area contributed by atoms with Crippen molar-refractivity contribution in [2.45, 2.75) is 64.7 Å². The summed E-state index contributed by atoms with van der Waals surface area (Å²) in [5.41, 5.74) is 3.02. The second-order valence-corrected chi connectivity index (χ2v) is 8.77. The van der Waals surface area contributed by atoms with Crippen LogP contribution in [0.2, 0.25) is 0 Å². The molecule has 124 valence electrons. The Morgan fingerprint density at radius 3 is 2.61 bits per heavy atom. The normalized spacial score (nSPS) is 19.7. The lowest BCUT2D eigenvalue weighted by atomic mass is 9.79. The van der Waals surface area contributed by atoms with Crippen LogP contribution in [0.1, 0.15) is 75.4 Å². The average molecular weight is 312 g/mol. The Bertz CT molecular complexity index is 655. The molecule has 23 heavy (non-hydrogen) atoms. The molecule has 1 aromatic carbocycles. The van der Waals surface area contributed by atoms with Crippen LogP contribution in [-0.4, -0.2) is 12.4 Å². The maximum atomic E-state index is 12.6. The topological polar surface area (TPSA) is 26.3 Å². The molecule has 0 radical (unpaired) electrons. The number of ketones is 1. The van der Waals surface area contributed by atoms with Crippen molar-refractivity contribution in [1.29, 1.82) is 0 Å². The molecule has 1 heterocycles. The van der Waals surface area contributed by atoms with Crippen LogP contribution in [-0.2, 0) is 10.8 Å². The van der Waals surface area contributed by atoms with E-state index in [1.165, 1.54) is 18.4 Å². The smallest absolute Gasteiger partial charge is 0.185 e. The molecule has 1 aromatic rings. The maximum Gasteiger partial charge on any atom is 0.185 e. The van der Waals surface area contributed by atoms with E-state index in [9.17, 15) is 4.79 Å². The summed E-state index contributed by atoms with van der Waals surface area (Å²) in [5, 5.41) is 0. The lowest BCUT2D eigenvalue weighted by molar-refractivity contribution is 0.104. The highest BCUT2D eigenvalue weighted by Gasteiger charge is 2.36. The lowest BCUT2D eigenvalue weighted by Gasteiger charge is -2.23. The van der Waals surface area contributed by atoms with E-state index >= 15 is 0 Å². The Morgan fingerprint density at radius 1 is 1.30 bits per heavy atom. The Morgan fingerprint density at radius 2 is 2.00 bits per heavy atom. The van der Waals surface area contributed by atoms with E-state index in [-0.39, 0.29) is 16.6 Å². The molecular formula is C21H28O2. The quantitative estimate of drug-likeness (QED) is 0.564. The van der Waals surface area contributed by atoms with E-state index in [1.807, 2.05) is 18.2 Å². The number of carbonyl (C=O) groups excluding carboxylic acids is 1. The molecule has 2 nitrogen and oxygen atoms in total. The molecule has 0 saturated heterocycles. The molecule has 0 unspecified atom stereocenters. The molecule has 0 spiro atoms. The van der Waals surface area contributed by atoms with Gasteiger partial charge < -0.3 is 4.74 Å². The van der Waals surface area contributed by atoms with Crippen LogP contribution in [0, 0.1) is 5.92 Å². The van der Waals surface area contributed by atoms with Gasteiger partial charge in [-0.05, 0) is 48.8 Å². The van der Waals surface area contributed by atoms with Gasteiger partial charge in [0.15, 0.2) is 5.78 Å². The zero-order valence-corrected chi connectivity index (χ0v) is 15.0. The lowest BCUT2D eigenvalue weighted by Crippen LogP contribution is -2.18. The monoisotopic (exact) mass is 312 g/mol. The van der Waals surface area contributed by atoms with Crippen LogP contribution in [0.5, 0.6) is 5.75 Å². The first-order chi connectivity index (χ1) is 10.7. The van der Waals surface area contributed by atoms with Gasteiger partial charge in [0.2, 0.25) is 0 Å². The molecule has 1 fully saturated rings. The van der Waals surface area contributed by atoms with E-state index in [0.29, 0.717) is 6.61 Å². The second-order valence-electron chi connectivity index (χ2n) is 8.77. The highest BCUT2D eigenvalue weighted by atomic mass is 16.5. The summed E-state index contributed by atoms with van der Waals surface area (Å²) in [6, 6.07) is 4.07. The number of fused-ring (bicyclic) bond motifs is 1. The van der Waals surface area contributed by atoms with E-state index in [1.54, 1.807) is 6.08 Å². The number of hydrogen-bond acceptors (Lipinski definition) is 2. The first-order valence-corrected chi connectivity index (χ1v) is 8.71. The minimum atomic E-state index is -0.0431. The predicted octanol–water partition coefficient (Wildman–Crippen LogP) is 5.19. The second kappa shape index (κ2) is 5.51. The van der Waals surface area contributed by atoms with Crippen LogP contribution in [0.25, 0.3) is 0 Å². The van der Waals surface area contributed by atoms with Crippen molar-refractivity contribution >= 4 is 5.78 Å². The summed E-state index contributed by atoms with van der Waals surface area (Å²) in [5.74, 6) is 1.92. The fourth-order valence-corrected chi connectivity index (χ4v) is 3.13. The summed E-state index contributed by atoms with van der Waals surface area (Å²) in [7, 11) is 0. The van der Waals surface area contributed by atoms with Crippen molar-refractivity contribution in [2.75, 3.05) is 6.61 Å². The van der Waals surface area contributed by atoms with Gasteiger partial charge in [-0.3, -0.25) is 4.79 Å². The van der Waals surface area contributed by atoms with Crippen molar-refractivity contribution < 1.29 is 9.53 Å². The van der Waals surface area contributed by atoms with Crippen LogP contribution in [0.4, 0.5) is 0 Å². The Balaban J connectivity index is 1.97. The Labute approximate surface area is 139 Å². The van der Waals surface area contributed by atoms with E-state index in [0.717, 1.165) is 29.2 Å². The van der Waals surface area contributed by atoms with Gasteiger partial charge in [0.1, 0.15) is 5.75 Å². The first kappa shape index (κ1) is 16.3. The van der Waals surface area contributed by atoms with Crippen LogP contribution < -0.4 is 4.74 Å². The summed E-state index contributed by atoms with van der Waals surface area (Å²) in [4.78, 5) is 12.6. The van der Waals surface area contributed by atoms with Crippen molar-refractivity contribution in [3.63, 3.8) is 0 Å². The molecule has 0 amide bonds. The van der Waals surface area contributed by atoms with Crippen molar-refractivity contribution in [3.05, 3.63) is 41.0 Å². The minimum Gasteiger partial charge on any atom is -0.492 e. The van der Waals surface area contributed by atoms with Gasteiger partial charge in [-0.25, -0.2) is 0 Å². The summed E-state index contributed by atoms with van der Waals surface area (Å²) in [6.07, 6.45) is 7.48. The van der Waals surface area contributed by atoms with Crippen LogP contribution >= 0.6 is 0 Å². The number of carbonyl (C=O) groups is 1. The third-order valence-electron chi connectivity index (χ3n) is 4.92. The van der Waals surface area contributed by atoms with Gasteiger partial charge in [0.25, 0.3) is 0 Å². The molecular weight excluding hydrogens is 284 g/mol. The number of ether oxygens (including phenoxy) is 1. The maximum absolute atomic E-state index is 12.6. The van der Waals surface area contributed by atoms with Crippen molar-refractivity contribution in [3.8, 4) is 5.75 Å². The summed E-state index contributed by atoms with van der Waals surface area (Å²) < 4.78 is 6.00. The Kier molecular flexibility index (Phi) is 3.90. The SMILES string of the molecule is CC(C)(C)c1cc(C(=O)/C=C/CC2CC2)cc2c1OCC2(C)C. The van der Waals surface area contributed by atoms with Crippen LogP contribution in [0.15, 0.2) is 24.3 Å². The summed E-state index contributed by atoms with van der Waals surface area (Å²) >= 11 is 0. The molecule has 0 atom stereocenters. The van der Waals surface area contributed by atoms with Gasteiger partial charge in [-0.1, -0.05) is 40.7 Å². The predicted molar refractivity (Wildman–Crippen MR) is 94.5 cm³/mol. The fourth-order valence-electron chi connectivity index (χ4n) is 3.13. The standard InChI is InChI=1S/C21H28O2/c1-20(2,3)16-11-15(18(22)8-6-7-14-9-10-14)12-17-19(16)23-13-21(17,4)5/h6,8,11-12,14H,7,9-10,13H2,1-5H3/b8-6+. The molecule has 2 aliphatic rings. The molecule has 0 N–H and O–H groups in total. The van der Waals surface area contributed by atoms with Gasteiger partial charge in [0.05, 0.1) is 6.61 Å². The van der Waals surface area contributed by atoms with E-state index < -0.39 is 0 Å². The number of benzene rings is 1. The molecule has 2 heteroatoms. The Hall–Kier alpha value is -1.57. The third kappa shape index (κ3) is 3.36. The van der Waals surface area contributed by atoms with E-state index in [2.05, 4.69) is 34.6 Å². The molecule has 0 bridgehead atoms. The minimum absolute atomic E-state index is 0.0383. The van der Waals surface area contributed by atoms with Gasteiger partial charge >= 0.3 is 0 Å². The third-order valence-corrected chi connectivity index (χ3v) is 4.92. The molecule has 1 saturated carbocycles. The molecule has 1 aliphatic carbocycles.